The third-order valence-corrected chi connectivity index (χ3v) is 3.18. The number of anilines is 1. The predicted molar refractivity (Wildman–Crippen MR) is 70.9 cm³/mol. The summed E-state index contributed by atoms with van der Waals surface area (Å²) in [6.45, 7) is 2.99. The minimum absolute atomic E-state index is 0.0131. The molecule has 1 rings (SSSR count). The Bertz CT molecular complexity index is 371. The number of amides is 1. The van der Waals surface area contributed by atoms with Gasteiger partial charge in [-0.05, 0) is 40.5 Å². The van der Waals surface area contributed by atoms with Crippen LogP contribution >= 0.6 is 27.5 Å². The van der Waals surface area contributed by atoms with Crippen LogP contribution in [0.3, 0.4) is 0 Å². The van der Waals surface area contributed by atoms with Crippen molar-refractivity contribution in [2.75, 3.05) is 18.4 Å². The van der Waals surface area contributed by atoms with Crippen molar-refractivity contribution in [3.8, 4) is 0 Å². The van der Waals surface area contributed by atoms with Gasteiger partial charge in [-0.3, -0.25) is 4.79 Å². The Kier molecular flexibility index (Phi) is 5.63. The topological polar surface area (TPSA) is 41.1 Å². The Hall–Kier alpha value is -0.740. The van der Waals surface area contributed by atoms with Crippen molar-refractivity contribution < 1.29 is 4.79 Å². The first-order chi connectivity index (χ1) is 7.63. The lowest BCUT2D eigenvalue weighted by Crippen LogP contribution is -2.30. The number of hydrogen-bond donors (Lipinski definition) is 2. The molecule has 3 nitrogen and oxygen atoms in total. The second kappa shape index (κ2) is 6.76. The van der Waals surface area contributed by atoms with E-state index in [1.54, 1.807) is 6.07 Å². The monoisotopic (exact) mass is 304 g/mol. The molecule has 5 heteroatoms. The molecule has 0 radical (unpaired) electrons. The number of benzene rings is 1. The number of carbonyl (C=O) groups is 1. The summed E-state index contributed by atoms with van der Waals surface area (Å²) in [6.07, 6.45) is 0.940. The van der Waals surface area contributed by atoms with Crippen molar-refractivity contribution in [1.29, 1.82) is 0 Å². The average molecular weight is 306 g/mol. The Labute approximate surface area is 109 Å². The first kappa shape index (κ1) is 13.3. The van der Waals surface area contributed by atoms with E-state index in [4.69, 9.17) is 11.6 Å². The van der Waals surface area contributed by atoms with Crippen molar-refractivity contribution in [3.63, 3.8) is 0 Å². The van der Waals surface area contributed by atoms with Crippen molar-refractivity contribution in [2.24, 2.45) is 0 Å². The minimum Gasteiger partial charge on any atom is -0.376 e. The van der Waals surface area contributed by atoms with Crippen LogP contribution in [0.5, 0.6) is 0 Å². The van der Waals surface area contributed by atoms with Gasteiger partial charge in [0.1, 0.15) is 0 Å². The van der Waals surface area contributed by atoms with Gasteiger partial charge in [-0.2, -0.15) is 0 Å². The quantitative estimate of drug-likeness (QED) is 0.878. The maximum Gasteiger partial charge on any atom is 0.239 e. The standard InChI is InChI=1S/C11H14BrClN2O/c1-2-5-14-11(16)7-15-8-3-4-9(12)10(13)6-8/h3-4,6,15H,2,5,7H2,1H3,(H,14,16). The summed E-state index contributed by atoms with van der Waals surface area (Å²) in [5, 5.41) is 6.41. The molecule has 2 N–H and O–H groups in total. The van der Waals surface area contributed by atoms with Crippen molar-refractivity contribution in [2.45, 2.75) is 13.3 Å². The first-order valence-corrected chi connectivity index (χ1v) is 6.26. The van der Waals surface area contributed by atoms with E-state index in [0.29, 0.717) is 11.6 Å². The van der Waals surface area contributed by atoms with Gasteiger partial charge in [0.15, 0.2) is 0 Å². The summed E-state index contributed by atoms with van der Waals surface area (Å²) in [6, 6.07) is 5.48. The predicted octanol–water partition coefficient (Wildman–Crippen LogP) is 3.04. The highest BCUT2D eigenvalue weighted by molar-refractivity contribution is 9.10. The minimum atomic E-state index is -0.0131. The van der Waals surface area contributed by atoms with E-state index in [0.717, 1.165) is 16.6 Å². The zero-order chi connectivity index (χ0) is 12.0. The second-order valence-electron chi connectivity index (χ2n) is 3.33. The van der Waals surface area contributed by atoms with Gasteiger partial charge in [0.2, 0.25) is 5.91 Å². The van der Waals surface area contributed by atoms with E-state index < -0.39 is 0 Å². The lowest BCUT2D eigenvalue weighted by atomic mass is 10.3. The molecular formula is C11H14BrClN2O. The summed E-state index contributed by atoms with van der Waals surface area (Å²) in [4.78, 5) is 11.3. The van der Waals surface area contributed by atoms with Crippen LogP contribution in [0.1, 0.15) is 13.3 Å². The molecule has 0 aromatic heterocycles. The fourth-order valence-corrected chi connectivity index (χ4v) is 1.54. The van der Waals surface area contributed by atoms with Crippen LogP contribution in [-0.4, -0.2) is 19.0 Å². The molecule has 1 amide bonds. The van der Waals surface area contributed by atoms with Crippen LogP contribution in [0.2, 0.25) is 5.02 Å². The number of halogens is 2. The summed E-state index contributed by atoms with van der Waals surface area (Å²) in [5.74, 6) is -0.0131. The summed E-state index contributed by atoms with van der Waals surface area (Å²) in [5.41, 5.74) is 0.833. The van der Waals surface area contributed by atoms with Gasteiger partial charge in [0.25, 0.3) is 0 Å². The van der Waals surface area contributed by atoms with Gasteiger partial charge in [0, 0.05) is 16.7 Å². The van der Waals surface area contributed by atoms with Crippen LogP contribution in [0.4, 0.5) is 5.69 Å². The van der Waals surface area contributed by atoms with E-state index in [1.165, 1.54) is 0 Å². The highest BCUT2D eigenvalue weighted by atomic mass is 79.9. The van der Waals surface area contributed by atoms with Crippen LogP contribution in [0.25, 0.3) is 0 Å². The molecule has 0 fully saturated rings. The van der Waals surface area contributed by atoms with Gasteiger partial charge < -0.3 is 10.6 Å². The highest BCUT2D eigenvalue weighted by Crippen LogP contribution is 2.25. The van der Waals surface area contributed by atoms with E-state index >= 15 is 0 Å². The largest absolute Gasteiger partial charge is 0.376 e. The molecular weight excluding hydrogens is 291 g/mol. The maximum absolute atomic E-state index is 11.3. The van der Waals surface area contributed by atoms with E-state index in [-0.39, 0.29) is 12.5 Å². The first-order valence-electron chi connectivity index (χ1n) is 5.09. The third-order valence-electron chi connectivity index (χ3n) is 1.94. The number of carbonyl (C=O) groups excluding carboxylic acids is 1. The molecule has 0 aliphatic heterocycles. The molecule has 1 aromatic carbocycles. The smallest absolute Gasteiger partial charge is 0.239 e. The van der Waals surface area contributed by atoms with Crippen LogP contribution in [0, 0.1) is 0 Å². The van der Waals surface area contributed by atoms with Crippen molar-refractivity contribution in [3.05, 3.63) is 27.7 Å². The molecule has 0 aliphatic rings. The molecule has 88 valence electrons. The van der Waals surface area contributed by atoms with Crippen molar-refractivity contribution in [1.82, 2.24) is 5.32 Å². The SMILES string of the molecule is CCCNC(=O)CNc1ccc(Br)c(Cl)c1. The highest BCUT2D eigenvalue weighted by Gasteiger charge is 2.01. The fourth-order valence-electron chi connectivity index (χ4n) is 1.12. The van der Waals surface area contributed by atoms with Crippen LogP contribution < -0.4 is 10.6 Å². The second-order valence-corrected chi connectivity index (χ2v) is 4.59. The van der Waals surface area contributed by atoms with E-state index in [9.17, 15) is 4.79 Å². The Morgan fingerprint density at radius 1 is 1.50 bits per heavy atom. The molecule has 0 bridgehead atoms. The number of nitrogens with one attached hydrogen (secondary N) is 2. The summed E-state index contributed by atoms with van der Waals surface area (Å²) in [7, 11) is 0. The Morgan fingerprint density at radius 2 is 2.25 bits per heavy atom. The average Bonchev–Trinajstić information content (AvgIpc) is 2.28. The fraction of sp³-hybridized carbons (Fsp3) is 0.364. The maximum atomic E-state index is 11.3. The lowest BCUT2D eigenvalue weighted by Gasteiger charge is -2.07. The normalized spacial score (nSPS) is 9.94. The molecule has 0 saturated carbocycles. The van der Waals surface area contributed by atoms with Gasteiger partial charge in [-0.25, -0.2) is 0 Å². The van der Waals surface area contributed by atoms with Gasteiger partial charge in [-0.15, -0.1) is 0 Å². The molecule has 0 atom stereocenters. The zero-order valence-electron chi connectivity index (χ0n) is 9.02. The molecule has 0 heterocycles. The molecule has 16 heavy (non-hydrogen) atoms. The Balaban J connectivity index is 2.42. The zero-order valence-corrected chi connectivity index (χ0v) is 11.4. The van der Waals surface area contributed by atoms with Gasteiger partial charge in [-0.1, -0.05) is 18.5 Å². The molecule has 0 unspecified atom stereocenters. The Morgan fingerprint density at radius 3 is 2.88 bits per heavy atom. The van der Waals surface area contributed by atoms with Gasteiger partial charge >= 0.3 is 0 Å². The molecule has 0 spiro atoms. The summed E-state index contributed by atoms with van der Waals surface area (Å²) < 4.78 is 0.843. The van der Waals surface area contributed by atoms with Crippen LogP contribution in [-0.2, 0) is 4.79 Å². The molecule has 1 aromatic rings. The van der Waals surface area contributed by atoms with E-state index in [1.807, 2.05) is 19.1 Å². The van der Waals surface area contributed by atoms with Crippen molar-refractivity contribution >= 4 is 39.1 Å². The number of hydrogen-bond acceptors (Lipinski definition) is 2. The third kappa shape index (κ3) is 4.41. The number of rotatable bonds is 5. The summed E-state index contributed by atoms with van der Waals surface area (Å²) >= 11 is 9.23. The van der Waals surface area contributed by atoms with E-state index in [2.05, 4.69) is 26.6 Å². The van der Waals surface area contributed by atoms with Gasteiger partial charge in [0.05, 0.1) is 11.6 Å². The molecule has 0 saturated heterocycles. The molecule has 0 aliphatic carbocycles. The lowest BCUT2D eigenvalue weighted by molar-refractivity contribution is -0.119. The van der Waals surface area contributed by atoms with Crippen LogP contribution in [0.15, 0.2) is 22.7 Å².